The molecule has 42 heavy (non-hydrogen) atoms. The number of fused-ring (bicyclic) bond motifs is 1. The molecule has 0 radical (unpaired) electrons. The summed E-state index contributed by atoms with van der Waals surface area (Å²) < 4.78 is 13.3. The number of benzene rings is 2. The van der Waals surface area contributed by atoms with Gasteiger partial charge in [0.25, 0.3) is 0 Å². The zero-order valence-electron chi connectivity index (χ0n) is 23.6. The maximum Gasteiger partial charge on any atom is 0.248 e. The number of morpholine rings is 1. The maximum atomic E-state index is 12.2. The third kappa shape index (κ3) is 6.37. The molecule has 2 aromatic carbocycles. The Balaban J connectivity index is 1.46. The number of primary amides is 2. The molecule has 1 saturated heterocycles. The fourth-order valence-corrected chi connectivity index (χ4v) is 4.95. The summed E-state index contributed by atoms with van der Waals surface area (Å²) in [5.41, 5.74) is 22.1. The molecule has 1 fully saturated rings. The highest BCUT2D eigenvalue weighted by Gasteiger charge is 2.21. The maximum absolute atomic E-state index is 12.2. The quantitative estimate of drug-likeness (QED) is 0.132. The number of allylic oxidation sites excluding steroid dienone is 1. The van der Waals surface area contributed by atoms with E-state index in [2.05, 4.69) is 20.5 Å². The molecule has 0 saturated carbocycles. The lowest BCUT2D eigenvalue weighted by Gasteiger charge is -2.27. The van der Waals surface area contributed by atoms with E-state index < -0.39 is 11.8 Å². The first-order valence-electron chi connectivity index (χ1n) is 13.6. The minimum absolute atomic E-state index is 0.352. The first-order valence-corrected chi connectivity index (χ1v) is 13.6. The number of aromatic nitrogens is 3. The number of hydrogen-bond donors (Lipinski definition) is 5. The van der Waals surface area contributed by atoms with E-state index in [1.54, 1.807) is 31.2 Å². The van der Waals surface area contributed by atoms with Gasteiger partial charge in [0.15, 0.2) is 5.89 Å². The molecule has 0 spiro atoms. The number of nitrogens with zero attached hydrogens (tertiary/aromatic N) is 4. The number of imidazole rings is 1. The van der Waals surface area contributed by atoms with Crippen molar-refractivity contribution >= 4 is 46.1 Å². The number of carbonyl (C=O) groups excluding carboxylic acids is 2. The zero-order chi connectivity index (χ0) is 29.8. The van der Waals surface area contributed by atoms with E-state index in [-0.39, 0.29) is 0 Å². The molecule has 0 atom stereocenters. The number of nitrogens with two attached hydrogens (primary N) is 3. The van der Waals surface area contributed by atoms with Crippen LogP contribution in [0.2, 0.25) is 0 Å². The van der Waals surface area contributed by atoms with Crippen molar-refractivity contribution in [2.45, 2.75) is 26.9 Å². The van der Waals surface area contributed by atoms with Crippen molar-refractivity contribution < 1.29 is 18.7 Å². The molecule has 13 nitrogen and oxygen atoms in total. The van der Waals surface area contributed by atoms with Crippen molar-refractivity contribution in [1.29, 1.82) is 0 Å². The fraction of sp³-hybridized carbons (Fsp3) is 0.310. The van der Waals surface area contributed by atoms with Gasteiger partial charge in [-0.05, 0) is 42.8 Å². The third-order valence-electron chi connectivity index (χ3n) is 7.03. The van der Waals surface area contributed by atoms with Crippen LogP contribution >= 0.6 is 0 Å². The topological polar surface area (TPSA) is 193 Å². The predicted octanol–water partition coefficient (Wildman–Crippen LogP) is 2.67. The minimum atomic E-state index is -0.531. The van der Waals surface area contributed by atoms with Gasteiger partial charge in [0.2, 0.25) is 23.6 Å². The molecule has 0 bridgehead atoms. The van der Waals surface area contributed by atoms with Gasteiger partial charge in [0.05, 0.1) is 35.6 Å². The number of nitrogen functional groups attached to an aromatic ring is 1. The third-order valence-corrected chi connectivity index (χ3v) is 7.03. The Hall–Kier alpha value is -4.88. The summed E-state index contributed by atoms with van der Waals surface area (Å²) in [5, 5.41) is 6.54. The molecule has 5 rings (SSSR count). The Bertz CT molecular complexity index is 1650. The fourth-order valence-electron chi connectivity index (χ4n) is 4.95. The molecule has 13 heteroatoms. The molecule has 8 N–H and O–H groups in total. The van der Waals surface area contributed by atoms with Crippen LogP contribution in [0.3, 0.4) is 0 Å². The predicted molar refractivity (Wildman–Crippen MR) is 161 cm³/mol. The first-order chi connectivity index (χ1) is 20.2. The molecule has 3 heterocycles. The molecular weight excluding hydrogens is 538 g/mol. The van der Waals surface area contributed by atoms with Crippen LogP contribution in [0.5, 0.6) is 0 Å². The second-order valence-electron chi connectivity index (χ2n) is 10.1. The average molecular weight is 574 g/mol. The highest BCUT2D eigenvalue weighted by atomic mass is 16.5. The van der Waals surface area contributed by atoms with E-state index in [0.29, 0.717) is 84.3 Å². The number of ether oxygens (including phenoxy) is 1. The van der Waals surface area contributed by atoms with Crippen molar-refractivity contribution in [3.63, 3.8) is 0 Å². The lowest BCUT2D eigenvalue weighted by Crippen LogP contribution is -2.35. The molecule has 0 unspecified atom stereocenters. The van der Waals surface area contributed by atoms with Crippen LogP contribution in [-0.2, 0) is 17.8 Å². The summed E-state index contributed by atoms with van der Waals surface area (Å²) in [6.07, 6.45) is 3.98. The van der Waals surface area contributed by atoms with Crippen LogP contribution < -0.4 is 27.8 Å². The highest BCUT2D eigenvalue weighted by molar-refractivity contribution is 5.98. The summed E-state index contributed by atoms with van der Waals surface area (Å²) in [6, 6.07) is 8.46. The van der Waals surface area contributed by atoms with E-state index in [0.717, 1.165) is 24.2 Å². The molecule has 1 aliphatic rings. The van der Waals surface area contributed by atoms with E-state index in [9.17, 15) is 9.59 Å². The Labute approximate surface area is 242 Å². The lowest BCUT2D eigenvalue weighted by atomic mass is 10.1. The largest absolute Gasteiger partial charge is 0.425 e. The number of nitrogens with one attached hydrogen (secondary N) is 2. The van der Waals surface area contributed by atoms with E-state index in [1.807, 2.05) is 29.7 Å². The molecule has 0 aliphatic carbocycles. The Morgan fingerprint density at radius 1 is 1.02 bits per heavy atom. The molecule has 220 valence electrons. The number of oxazole rings is 1. The summed E-state index contributed by atoms with van der Waals surface area (Å²) in [6.45, 7) is 8.08. The number of aryl methyl sites for hydroxylation is 2. The molecule has 1 aliphatic heterocycles. The van der Waals surface area contributed by atoms with Gasteiger partial charge in [-0.2, -0.15) is 0 Å². The monoisotopic (exact) mass is 573 g/mol. The summed E-state index contributed by atoms with van der Waals surface area (Å²) in [5.74, 6) is 0.528. The smallest absolute Gasteiger partial charge is 0.248 e. The molecular formula is C29H35N9O4. The average Bonchev–Trinajstić information content (AvgIpc) is 3.47. The van der Waals surface area contributed by atoms with E-state index in [4.69, 9.17) is 31.3 Å². The van der Waals surface area contributed by atoms with Gasteiger partial charge < -0.3 is 36.2 Å². The van der Waals surface area contributed by atoms with Crippen molar-refractivity contribution in [2.75, 3.05) is 49.2 Å². The second kappa shape index (κ2) is 12.3. The second-order valence-corrected chi connectivity index (χ2v) is 10.1. The van der Waals surface area contributed by atoms with Crippen molar-refractivity contribution in [3.8, 4) is 0 Å². The van der Waals surface area contributed by atoms with Crippen molar-refractivity contribution in [3.05, 3.63) is 70.8 Å². The standard InChI is InChI=1S/C29H35N9O4/c1-17-28(42-18(2)34-17)36-29-35-24-15-20(27(32)40)13-21(16-37-9-11-41-12-10-37)25(24)38(29)8-4-3-7-33-23-6-5-19(26(31)39)14-22(23)30/h3-6,13-15,33H,7-12,16,30H2,1-2H3,(H2,31,39)(H2,32,40)(H,35,36)/b4-3+. The van der Waals surface area contributed by atoms with Gasteiger partial charge >= 0.3 is 0 Å². The number of anilines is 4. The molecule has 2 aromatic heterocycles. The number of carbonyl (C=O) groups is 2. The van der Waals surface area contributed by atoms with Gasteiger partial charge in [-0.1, -0.05) is 12.2 Å². The van der Waals surface area contributed by atoms with Gasteiger partial charge in [0, 0.05) is 50.8 Å². The summed E-state index contributed by atoms with van der Waals surface area (Å²) >= 11 is 0. The number of amides is 2. The highest BCUT2D eigenvalue weighted by Crippen LogP contribution is 2.30. The van der Waals surface area contributed by atoms with Crippen LogP contribution in [0.1, 0.15) is 37.9 Å². The van der Waals surface area contributed by atoms with Gasteiger partial charge in [-0.25, -0.2) is 9.97 Å². The van der Waals surface area contributed by atoms with Crippen LogP contribution in [0, 0.1) is 13.8 Å². The number of hydrogen-bond acceptors (Lipinski definition) is 10. The molecule has 2 amide bonds. The van der Waals surface area contributed by atoms with E-state index in [1.165, 1.54) is 0 Å². The van der Waals surface area contributed by atoms with Crippen LogP contribution in [0.25, 0.3) is 11.0 Å². The number of rotatable bonds is 11. The van der Waals surface area contributed by atoms with Crippen molar-refractivity contribution in [1.82, 2.24) is 19.4 Å². The minimum Gasteiger partial charge on any atom is -0.425 e. The Morgan fingerprint density at radius 3 is 2.45 bits per heavy atom. The SMILES string of the molecule is Cc1nc(C)c(Nc2nc3cc(C(N)=O)cc(CN4CCOCC4)c3n2C/C=C/CNc2ccc(C(N)=O)cc2N)o1. The van der Waals surface area contributed by atoms with Crippen LogP contribution in [-0.4, -0.2) is 64.1 Å². The zero-order valence-corrected chi connectivity index (χ0v) is 23.6. The first kappa shape index (κ1) is 28.6. The summed E-state index contributed by atoms with van der Waals surface area (Å²) in [7, 11) is 0. The van der Waals surface area contributed by atoms with Gasteiger partial charge in [-0.3, -0.25) is 19.8 Å². The van der Waals surface area contributed by atoms with Gasteiger partial charge in [0.1, 0.15) is 5.69 Å². The summed E-state index contributed by atoms with van der Waals surface area (Å²) in [4.78, 5) is 35.1. The van der Waals surface area contributed by atoms with E-state index >= 15 is 0 Å². The normalized spacial score (nSPS) is 14.0. The van der Waals surface area contributed by atoms with Gasteiger partial charge in [-0.15, -0.1) is 0 Å². The Kier molecular flexibility index (Phi) is 8.41. The van der Waals surface area contributed by atoms with Crippen LogP contribution in [0.15, 0.2) is 46.9 Å². The Morgan fingerprint density at radius 2 is 1.79 bits per heavy atom. The molecule has 4 aromatic rings. The lowest BCUT2D eigenvalue weighted by molar-refractivity contribution is 0.0343. The van der Waals surface area contributed by atoms with Crippen LogP contribution in [0.4, 0.5) is 23.2 Å². The van der Waals surface area contributed by atoms with Crippen molar-refractivity contribution in [2.24, 2.45) is 11.5 Å².